The minimum atomic E-state index is -0.00227. The number of benzene rings is 1. The van der Waals surface area contributed by atoms with Crippen molar-refractivity contribution in [1.29, 1.82) is 0 Å². The van der Waals surface area contributed by atoms with Gasteiger partial charge in [-0.3, -0.25) is 9.48 Å². The van der Waals surface area contributed by atoms with Crippen LogP contribution in [-0.2, 0) is 13.5 Å². The number of rotatable bonds is 3. The van der Waals surface area contributed by atoms with Crippen LogP contribution in [0.25, 0.3) is 10.9 Å². The standard InChI is InChI=1S/C16H15N3O/c1-11-9-15(17-14-6-4-3-5-13(11)14)16(20)10-12-7-8-19(2)18-12/h3-9H,10H2,1-2H3. The number of para-hydroxylation sites is 1. The number of aromatic nitrogens is 3. The zero-order valence-electron chi connectivity index (χ0n) is 11.5. The predicted octanol–water partition coefficient (Wildman–Crippen LogP) is 2.70. The average molecular weight is 265 g/mol. The first-order chi connectivity index (χ1) is 9.63. The Morgan fingerprint density at radius 3 is 2.80 bits per heavy atom. The van der Waals surface area contributed by atoms with Gasteiger partial charge in [0.2, 0.25) is 0 Å². The summed E-state index contributed by atoms with van der Waals surface area (Å²) < 4.78 is 1.70. The summed E-state index contributed by atoms with van der Waals surface area (Å²) in [4.78, 5) is 16.8. The summed E-state index contributed by atoms with van der Waals surface area (Å²) in [6.07, 6.45) is 2.12. The molecule has 1 aromatic carbocycles. The number of carbonyl (C=O) groups is 1. The van der Waals surface area contributed by atoms with E-state index in [4.69, 9.17) is 0 Å². The zero-order valence-corrected chi connectivity index (χ0v) is 11.5. The van der Waals surface area contributed by atoms with Crippen molar-refractivity contribution in [2.24, 2.45) is 7.05 Å². The molecule has 0 saturated heterocycles. The third kappa shape index (κ3) is 2.32. The maximum atomic E-state index is 12.3. The number of hydrogen-bond donors (Lipinski definition) is 0. The van der Waals surface area contributed by atoms with Gasteiger partial charge in [0.15, 0.2) is 5.78 Å². The fraction of sp³-hybridized carbons (Fsp3) is 0.188. The summed E-state index contributed by atoms with van der Waals surface area (Å²) in [7, 11) is 1.84. The summed E-state index contributed by atoms with van der Waals surface area (Å²) in [6, 6.07) is 11.6. The summed E-state index contributed by atoms with van der Waals surface area (Å²) >= 11 is 0. The van der Waals surface area contributed by atoms with Gasteiger partial charge < -0.3 is 0 Å². The minimum absolute atomic E-state index is 0.00227. The Bertz CT molecular complexity index is 789. The van der Waals surface area contributed by atoms with Gasteiger partial charge in [0, 0.05) is 18.6 Å². The van der Waals surface area contributed by atoms with Gasteiger partial charge in [0.25, 0.3) is 0 Å². The van der Waals surface area contributed by atoms with Crippen molar-refractivity contribution in [1.82, 2.24) is 14.8 Å². The Morgan fingerprint density at radius 1 is 1.25 bits per heavy atom. The van der Waals surface area contributed by atoms with E-state index in [0.29, 0.717) is 5.69 Å². The van der Waals surface area contributed by atoms with Crippen LogP contribution in [0.3, 0.4) is 0 Å². The first kappa shape index (κ1) is 12.5. The number of pyridine rings is 1. The molecule has 0 aliphatic heterocycles. The van der Waals surface area contributed by atoms with Crippen LogP contribution in [0, 0.1) is 6.92 Å². The van der Waals surface area contributed by atoms with Crippen molar-refractivity contribution < 1.29 is 4.79 Å². The van der Waals surface area contributed by atoms with Crippen LogP contribution in [0.15, 0.2) is 42.6 Å². The second-order valence-corrected chi connectivity index (χ2v) is 4.92. The smallest absolute Gasteiger partial charge is 0.187 e. The zero-order chi connectivity index (χ0) is 14.1. The molecule has 0 unspecified atom stereocenters. The summed E-state index contributed by atoms with van der Waals surface area (Å²) in [6.45, 7) is 2.00. The molecular weight excluding hydrogens is 250 g/mol. The topological polar surface area (TPSA) is 47.8 Å². The molecule has 0 fully saturated rings. The second-order valence-electron chi connectivity index (χ2n) is 4.92. The van der Waals surface area contributed by atoms with Crippen LogP contribution in [0.2, 0.25) is 0 Å². The highest BCUT2D eigenvalue weighted by molar-refractivity contribution is 5.98. The third-order valence-corrected chi connectivity index (χ3v) is 3.32. The molecule has 0 atom stereocenters. The fourth-order valence-corrected chi connectivity index (χ4v) is 2.30. The van der Waals surface area contributed by atoms with Gasteiger partial charge in [-0.25, -0.2) is 4.98 Å². The van der Waals surface area contributed by atoms with Crippen molar-refractivity contribution in [2.75, 3.05) is 0 Å². The van der Waals surface area contributed by atoms with E-state index < -0.39 is 0 Å². The lowest BCUT2D eigenvalue weighted by atomic mass is 10.1. The predicted molar refractivity (Wildman–Crippen MR) is 77.7 cm³/mol. The van der Waals surface area contributed by atoms with Gasteiger partial charge in [-0.2, -0.15) is 5.10 Å². The Kier molecular flexibility index (Phi) is 3.06. The van der Waals surface area contributed by atoms with E-state index in [9.17, 15) is 4.79 Å². The Hall–Kier alpha value is -2.49. The normalized spacial score (nSPS) is 10.9. The molecule has 0 radical (unpaired) electrons. The van der Waals surface area contributed by atoms with Crippen molar-refractivity contribution in [3.8, 4) is 0 Å². The van der Waals surface area contributed by atoms with Crippen LogP contribution in [0.4, 0.5) is 0 Å². The molecule has 0 spiro atoms. The van der Waals surface area contributed by atoms with Gasteiger partial charge >= 0.3 is 0 Å². The molecule has 4 nitrogen and oxygen atoms in total. The van der Waals surface area contributed by atoms with E-state index in [0.717, 1.165) is 22.2 Å². The molecule has 0 aliphatic carbocycles. The monoisotopic (exact) mass is 265 g/mol. The molecule has 3 aromatic rings. The van der Waals surface area contributed by atoms with Gasteiger partial charge in [0.1, 0.15) is 5.69 Å². The van der Waals surface area contributed by atoms with Crippen LogP contribution in [0.1, 0.15) is 21.7 Å². The summed E-state index contributed by atoms with van der Waals surface area (Å²) in [5, 5.41) is 5.31. The van der Waals surface area contributed by atoms with E-state index in [-0.39, 0.29) is 12.2 Å². The maximum absolute atomic E-state index is 12.3. The van der Waals surface area contributed by atoms with Crippen molar-refractivity contribution in [3.63, 3.8) is 0 Å². The quantitative estimate of drug-likeness (QED) is 0.684. The van der Waals surface area contributed by atoms with Crippen LogP contribution in [-0.4, -0.2) is 20.5 Å². The van der Waals surface area contributed by atoms with Gasteiger partial charge in [0.05, 0.1) is 17.6 Å². The Morgan fingerprint density at radius 2 is 2.05 bits per heavy atom. The summed E-state index contributed by atoms with van der Waals surface area (Å²) in [5.41, 5.74) is 3.20. The molecule has 2 aromatic heterocycles. The van der Waals surface area contributed by atoms with Crippen LogP contribution < -0.4 is 0 Å². The number of ketones is 1. The molecule has 4 heteroatoms. The summed E-state index contributed by atoms with van der Waals surface area (Å²) in [5.74, 6) is -0.00227. The first-order valence-corrected chi connectivity index (χ1v) is 6.51. The van der Waals surface area contributed by atoms with Gasteiger partial charge in [-0.1, -0.05) is 18.2 Å². The molecule has 100 valence electrons. The Balaban J connectivity index is 1.95. The molecule has 20 heavy (non-hydrogen) atoms. The number of carbonyl (C=O) groups excluding carboxylic acids is 1. The van der Waals surface area contributed by atoms with E-state index in [1.807, 2.05) is 56.6 Å². The van der Waals surface area contributed by atoms with Gasteiger partial charge in [-0.15, -0.1) is 0 Å². The van der Waals surface area contributed by atoms with E-state index >= 15 is 0 Å². The highest BCUT2D eigenvalue weighted by atomic mass is 16.1. The lowest BCUT2D eigenvalue weighted by Gasteiger charge is -2.05. The molecule has 0 saturated carbocycles. The molecule has 0 bridgehead atoms. The first-order valence-electron chi connectivity index (χ1n) is 6.51. The molecule has 0 N–H and O–H groups in total. The second kappa shape index (κ2) is 4.89. The highest BCUT2D eigenvalue weighted by Gasteiger charge is 2.12. The molecular formula is C16H15N3O. The fourth-order valence-electron chi connectivity index (χ4n) is 2.30. The number of hydrogen-bond acceptors (Lipinski definition) is 3. The van der Waals surface area contributed by atoms with E-state index in [1.165, 1.54) is 0 Å². The van der Waals surface area contributed by atoms with E-state index in [1.54, 1.807) is 4.68 Å². The van der Waals surface area contributed by atoms with Crippen molar-refractivity contribution in [2.45, 2.75) is 13.3 Å². The largest absolute Gasteiger partial charge is 0.292 e. The Labute approximate surface area is 117 Å². The lowest BCUT2D eigenvalue weighted by Crippen LogP contribution is -2.07. The SMILES string of the molecule is Cc1cc(C(=O)Cc2ccn(C)n2)nc2ccccc12. The number of Topliss-reactive ketones (excluding diaryl/α,β-unsaturated/α-hetero) is 1. The van der Waals surface area contributed by atoms with E-state index in [2.05, 4.69) is 10.1 Å². The number of aryl methyl sites for hydroxylation is 2. The van der Waals surface area contributed by atoms with Crippen molar-refractivity contribution in [3.05, 3.63) is 59.5 Å². The van der Waals surface area contributed by atoms with Crippen molar-refractivity contribution >= 4 is 16.7 Å². The maximum Gasteiger partial charge on any atom is 0.187 e. The molecule has 0 aliphatic rings. The molecule has 0 amide bonds. The van der Waals surface area contributed by atoms with Gasteiger partial charge in [-0.05, 0) is 30.7 Å². The minimum Gasteiger partial charge on any atom is -0.292 e. The highest BCUT2D eigenvalue weighted by Crippen LogP contribution is 2.18. The number of fused-ring (bicyclic) bond motifs is 1. The van der Waals surface area contributed by atoms with Crippen LogP contribution in [0.5, 0.6) is 0 Å². The lowest BCUT2D eigenvalue weighted by molar-refractivity contribution is 0.0987. The molecule has 3 rings (SSSR count). The third-order valence-electron chi connectivity index (χ3n) is 3.32. The average Bonchev–Trinajstić information content (AvgIpc) is 2.84. The number of nitrogens with zero attached hydrogens (tertiary/aromatic N) is 3. The van der Waals surface area contributed by atoms with Crippen LogP contribution >= 0.6 is 0 Å². The molecule has 2 heterocycles.